The van der Waals surface area contributed by atoms with Crippen LogP contribution in [0.15, 0.2) is 18.3 Å². The second-order valence-corrected chi connectivity index (χ2v) is 3.73. The monoisotopic (exact) mass is 192 g/mol. The molecule has 0 saturated heterocycles. The fourth-order valence-electron chi connectivity index (χ4n) is 1.82. The zero-order valence-electron chi connectivity index (χ0n) is 8.28. The van der Waals surface area contributed by atoms with Crippen molar-refractivity contribution in [3.63, 3.8) is 0 Å². The SMILES string of the molecule is NCc1ccnc(OC2CCCC2)c1. The molecule has 3 heteroatoms. The molecule has 0 aromatic carbocycles. The van der Waals surface area contributed by atoms with Crippen LogP contribution in [0, 0.1) is 0 Å². The molecule has 0 aliphatic heterocycles. The highest BCUT2D eigenvalue weighted by molar-refractivity contribution is 5.20. The Hall–Kier alpha value is -1.09. The highest BCUT2D eigenvalue weighted by atomic mass is 16.5. The minimum absolute atomic E-state index is 0.371. The van der Waals surface area contributed by atoms with Crippen molar-refractivity contribution >= 4 is 0 Å². The quantitative estimate of drug-likeness (QED) is 0.795. The summed E-state index contributed by atoms with van der Waals surface area (Å²) in [6.07, 6.45) is 7.01. The van der Waals surface area contributed by atoms with Crippen molar-refractivity contribution < 1.29 is 4.74 Å². The predicted octanol–water partition coefficient (Wildman–Crippen LogP) is 1.86. The van der Waals surface area contributed by atoms with Gasteiger partial charge in [0.15, 0.2) is 0 Å². The van der Waals surface area contributed by atoms with Crippen molar-refractivity contribution in [1.82, 2.24) is 4.98 Å². The van der Waals surface area contributed by atoms with Gasteiger partial charge in [0.05, 0.1) is 0 Å². The summed E-state index contributed by atoms with van der Waals surface area (Å²) in [6.45, 7) is 0.545. The van der Waals surface area contributed by atoms with Crippen molar-refractivity contribution in [2.24, 2.45) is 5.73 Å². The average molecular weight is 192 g/mol. The highest BCUT2D eigenvalue weighted by Crippen LogP contribution is 2.23. The lowest BCUT2D eigenvalue weighted by Crippen LogP contribution is -2.12. The largest absolute Gasteiger partial charge is 0.474 e. The molecule has 1 aromatic heterocycles. The van der Waals surface area contributed by atoms with Gasteiger partial charge in [0, 0.05) is 18.8 Å². The van der Waals surface area contributed by atoms with Gasteiger partial charge in [-0.05, 0) is 37.3 Å². The third-order valence-electron chi connectivity index (χ3n) is 2.62. The topological polar surface area (TPSA) is 48.1 Å². The van der Waals surface area contributed by atoms with E-state index in [4.69, 9.17) is 10.5 Å². The number of aromatic nitrogens is 1. The van der Waals surface area contributed by atoms with Crippen molar-refractivity contribution in [2.45, 2.75) is 38.3 Å². The van der Waals surface area contributed by atoms with Gasteiger partial charge < -0.3 is 10.5 Å². The predicted molar refractivity (Wildman–Crippen MR) is 55.0 cm³/mol. The molecule has 0 unspecified atom stereocenters. The second kappa shape index (κ2) is 4.42. The van der Waals surface area contributed by atoms with Crippen molar-refractivity contribution in [3.8, 4) is 5.88 Å². The zero-order valence-corrected chi connectivity index (χ0v) is 8.28. The molecule has 3 nitrogen and oxygen atoms in total. The molecule has 0 atom stereocenters. The van der Waals surface area contributed by atoms with Gasteiger partial charge in [0.25, 0.3) is 0 Å². The van der Waals surface area contributed by atoms with Crippen LogP contribution in [0.5, 0.6) is 5.88 Å². The first kappa shape index (κ1) is 9.46. The number of nitrogens with two attached hydrogens (primary N) is 1. The Labute approximate surface area is 84.3 Å². The van der Waals surface area contributed by atoms with Gasteiger partial charge in [-0.2, -0.15) is 0 Å². The molecule has 14 heavy (non-hydrogen) atoms. The number of ether oxygens (including phenoxy) is 1. The van der Waals surface area contributed by atoms with Crippen LogP contribution in [-0.4, -0.2) is 11.1 Å². The van der Waals surface area contributed by atoms with Gasteiger partial charge in [0.2, 0.25) is 5.88 Å². The summed E-state index contributed by atoms with van der Waals surface area (Å²) in [4.78, 5) is 4.17. The van der Waals surface area contributed by atoms with Crippen LogP contribution in [0.4, 0.5) is 0 Å². The van der Waals surface area contributed by atoms with Crippen LogP contribution in [0.2, 0.25) is 0 Å². The van der Waals surface area contributed by atoms with E-state index >= 15 is 0 Å². The molecular weight excluding hydrogens is 176 g/mol. The van der Waals surface area contributed by atoms with Gasteiger partial charge in [-0.3, -0.25) is 0 Å². The standard InChI is InChI=1S/C11H16N2O/c12-8-9-5-6-13-11(7-9)14-10-3-1-2-4-10/h5-7,10H,1-4,8,12H2. The van der Waals surface area contributed by atoms with E-state index in [-0.39, 0.29) is 0 Å². The average Bonchev–Trinajstić information content (AvgIpc) is 2.71. The zero-order chi connectivity index (χ0) is 9.80. The van der Waals surface area contributed by atoms with Crippen molar-refractivity contribution in [2.75, 3.05) is 0 Å². The van der Waals surface area contributed by atoms with Crippen molar-refractivity contribution in [1.29, 1.82) is 0 Å². The van der Waals surface area contributed by atoms with Gasteiger partial charge in [-0.25, -0.2) is 4.98 Å². The highest BCUT2D eigenvalue weighted by Gasteiger charge is 2.16. The molecule has 0 spiro atoms. The molecule has 76 valence electrons. The molecule has 2 N–H and O–H groups in total. The summed E-state index contributed by atoms with van der Waals surface area (Å²) in [5.74, 6) is 0.722. The fraction of sp³-hybridized carbons (Fsp3) is 0.545. The van der Waals surface area contributed by atoms with E-state index in [0.29, 0.717) is 12.6 Å². The smallest absolute Gasteiger partial charge is 0.213 e. The normalized spacial score (nSPS) is 17.2. The maximum Gasteiger partial charge on any atom is 0.213 e. The van der Waals surface area contributed by atoms with E-state index in [1.807, 2.05) is 12.1 Å². The van der Waals surface area contributed by atoms with Crippen LogP contribution in [0.1, 0.15) is 31.2 Å². The first-order valence-corrected chi connectivity index (χ1v) is 5.20. The van der Waals surface area contributed by atoms with E-state index < -0.39 is 0 Å². The van der Waals surface area contributed by atoms with Crippen molar-refractivity contribution in [3.05, 3.63) is 23.9 Å². The summed E-state index contributed by atoms with van der Waals surface area (Å²) < 4.78 is 5.75. The molecule has 1 heterocycles. The molecule has 1 saturated carbocycles. The summed E-state index contributed by atoms with van der Waals surface area (Å²) in [6, 6.07) is 3.85. The minimum atomic E-state index is 0.371. The Bertz CT molecular complexity index is 295. The van der Waals surface area contributed by atoms with Gasteiger partial charge >= 0.3 is 0 Å². The van der Waals surface area contributed by atoms with E-state index in [1.54, 1.807) is 6.20 Å². The van der Waals surface area contributed by atoms with E-state index in [2.05, 4.69) is 4.98 Å². The number of hydrogen-bond donors (Lipinski definition) is 1. The molecule has 1 aliphatic carbocycles. The van der Waals surface area contributed by atoms with E-state index in [0.717, 1.165) is 24.3 Å². The molecular formula is C11H16N2O. The number of hydrogen-bond acceptors (Lipinski definition) is 3. The van der Waals surface area contributed by atoms with Crippen LogP contribution < -0.4 is 10.5 Å². The molecule has 0 radical (unpaired) electrons. The lowest BCUT2D eigenvalue weighted by molar-refractivity contribution is 0.201. The summed E-state index contributed by atoms with van der Waals surface area (Å²) in [5.41, 5.74) is 6.62. The summed E-state index contributed by atoms with van der Waals surface area (Å²) in [5, 5.41) is 0. The van der Waals surface area contributed by atoms with Crippen LogP contribution in [0.3, 0.4) is 0 Å². The van der Waals surface area contributed by atoms with Crippen LogP contribution in [0.25, 0.3) is 0 Å². The maximum absolute atomic E-state index is 5.75. The Morgan fingerprint density at radius 2 is 2.21 bits per heavy atom. The first-order valence-electron chi connectivity index (χ1n) is 5.20. The van der Waals surface area contributed by atoms with Crippen LogP contribution in [-0.2, 0) is 6.54 Å². The molecule has 1 fully saturated rings. The summed E-state index contributed by atoms with van der Waals surface area (Å²) in [7, 11) is 0. The molecule has 0 bridgehead atoms. The third kappa shape index (κ3) is 2.23. The lowest BCUT2D eigenvalue weighted by atomic mass is 10.2. The summed E-state index contributed by atoms with van der Waals surface area (Å²) >= 11 is 0. The minimum Gasteiger partial charge on any atom is -0.474 e. The van der Waals surface area contributed by atoms with Gasteiger partial charge in [-0.15, -0.1) is 0 Å². The van der Waals surface area contributed by atoms with Crippen LogP contribution >= 0.6 is 0 Å². The maximum atomic E-state index is 5.75. The molecule has 1 aromatic rings. The fourth-order valence-corrected chi connectivity index (χ4v) is 1.82. The molecule has 0 amide bonds. The van der Waals surface area contributed by atoms with E-state index in [1.165, 1.54) is 12.8 Å². The van der Waals surface area contributed by atoms with Gasteiger partial charge in [0.1, 0.15) is 6.10 Å². The number of nitrogens with zero attached hydrogens (tertiary/aromatic N) is 1. The number of rotatable bonds is 3. The lowest BCUT2D eigenvalue weighted by Gasteiger charge is -2.12. The van der Waals surface area contributed by atoms with Gasteiger partial charge in [-0.1, -0.05) is 0 Å². The third-order valence-corrected chi connectivity index (χ3v) is 2.62. The Kier molecular flexibility index (Phi) is 2.99. The Balaban J connectivity index is 2.00. The number of pyridine rings is 1. The Morgan fingerprint density at radius 1 is 1.43 bits per heavy atom. The molecule has 2 rings (SSSR count). The second-order valence-electron chi connectivity index (χ2n) is 3.73. The molecule has 1 aliphatic rings. The van der Waals surface area contributed by atoms with E-state index in [9.17, 15) is 0 Å². The Morgan fingerprint density at radius 3 is 2.93 bits per heavy atom. The first-order chi connectivity index (χ1) is 6.88.